The summed E-state index contributed by atoms with van der Waals surface area (Å²) >= 11 is 0. The summed E-state index contributed by atoms with van der Waals surface area (Å²) in [6.07, 6.45) is 10.7. The SMILES string of the molecule is CC1CCC(CCn2cncc2CN)CC1. The summed E-state index contributed by atoms with van der Waals surface area (Å²) in [6, 6.07) is 0. The molecule has 0 aliphatic heterocycles. The maximum absolute atomic E-state index is 5.66. The number of aryl methyl sites for hydroxylation is 1. The molecule has 1 aromatic rings. The molecule has 3 nitrogen and oxygen atoms in total. The number of imidazole rings is 1. The third kappa shape index (κ3) is 2.85. The molecule has 0 amide bonds. The number of hydrogen-bond donors (Lipinski definition) is 1. The second-order valence-corrected chi connectivity index (χ2v) is 5.20. The van der Waals surface area contributed by atoms with Crippen molar-refractivity contribution in [2.24, 2.45) is 17.6 Å². The normalized spacial score (nSPS) is 25.9. The van der Waals surface area contributed by atoms with Gasteiger partial charge in [-0.15, -0.1) is 0 Å². The van der Waals surface area contributed by atoms with Gasteiger partial charge in [-0.1, -0.05) is 32.6 Å². The van der Waals surface area contributed by atoms with E-state index >= 15 is 0 Å². The highest BCUT2D eigenvalue weighted by atomic mass is 15.0. The van der Waals surface area contributed by atoms with Crippen LogP contribution in [0.25, 0.3) is 0 Å². The minimum atomic E-state index is 0.599. The standard InChI is InChI=1S/C13H23N3/c1-11-2-4-12(5-3-11)6-7-16-10-15-9-13(16)8-14/h9-12H,2-8,14H2,1H3. The summed E-state index contributed by atoms with van der Waals surface area (Å²) in [7, 11) is 0. The van der Waals surface area contributed by atoms with E-state index in [0.717, 1.165) is 24.1 Å². The Hall–Kier alpha value is -0.830. The predicted molar refractivity (Wildman–Crippen MR) is 65.9 cm³/mol. The number of rotatable bonds is 4. The Morgan fingerprint density at radius 1 is 1.38 bits per heavy atom. The van der Waals surface area contributed by atoms with Crippen molar-refractivity contribution in [1.29, 1.82) is 0 Å². The lowest BCUT2D eigenvalue weighted by Crippen LogP contribution is -2.15. The highest BCUT2D eigenvalue weighted by Crippen LogP contribution is 2.30. The summed E-state index contributed by atoms with van der Waals surface area (Å²) in [5.41, 5.74) is 6.82. The molecule has 0 atom stereocenters. The van der Waals surface area contributed by atoms with Gasteiger partial charge in [-0.2, -0.15) is 0 Å². The number of hydrogen-bond acceptors (Lipinski definition) is 2. The first kappa shape index (κ1) is 11.6. The molecule has 0 saturated heterocycles. The maximum Gasteiger partial charge on any atom is 0.0948 e. The third-order valence-corrected chi connectivity index (χ3v) is 3.92. The molecule has 0 aromatic carbocycles. The van der Waals surface area contributed by atoms with E-state index in [9.17, 15) is 0 Å². The smallest absolute Gasteiger partial charge is 0.0948 e. The molecule has 0 radical (unpaired) electrons. The lowest BCUT2D eigenvalue weighted by Gasteiger charge is -2.26. The zero-order chi connectivity index (χ0) is 11.4. The van der Waals surface area contributed by atoms with E-state index < -0.39 is 0 Å². The molecule has 0 spiro atoms. The number of nitrogens with zero attached hydrogens (tertiary/aromatic N) is 2. The van der Waals surface area contributed by atoms with Crippen LogP contribution in [0.3, 0.4) is 0 Å². The van der Waals surface area contributed by atoms with Gasteiger partial charge in [-0.3, -0.25) is 0 Å². The molecule has 1 aliphatic rings. The first-order valence-corrected chi connectivity index (χ1v) is 6.48. The van der Waals surface area contributed by atoms with Gasteiger partial charge in [0.25, 0.3) is 0 Å². The van der Waals surface area contributed by atoms with E-state index in [0.29, 0.717) is 6.54 Å². The molecule has 3 heteroatoms. The van der Waals surface area contributed by atoms with Gasteiger partial charge in [0.15, 0.2) is 0 Å². The van der Waals surface area contributed by atoms with Crippen LogP contribution in [-0.2, 0) is 13.1 Å². The number of aromatic nitrogens is 2. The lowest BCUT2D eigenvalue weighted by molar-refractivity contribution is 0.268. The Labute approximate surface area is 98.1 Å². The van der Waals surface area contributed by atoms with Gasteiger partial charge < -0.3 is 10.3 Å². The van der Waals surface area contributed by atoms with Gasteiger partial charge in [-0.05, 0) is 18.3 Å². The molecule has 0 bridgehead atoms. The molecular formula is C13H23N3. The summed E-state index contributed by atoms with van der Waals surface area (Å²) in [4.78, 5) is 4.15. The molecule has 1 aliphatic carbocycles. The van der Waals surface area contributed by atoms with Crippen LogP contribution in [-0.4, -0.2) is 9.55 Å². The minimum absolute atomic E-state index is 0.599. The molecule has 16 heavy (non-hydrogen) atoms. The zero-order valence-corrected chi connectivity index (χ0v) is 10.2. The van der Waals surface area contributed by atoms with Crippen LogP contribution in [0.15, 0.2) is 12.5 Å². The van der Waals surface area contributed by atoms with Crippen molar-refractivity contribution in [3.63, 3.8) is 0 Å². The molecule has 1 heterocycles. The van der Waals surface area contributed by atoms with E-state index in [4.69, 9.17) is 5.73 Å². The van der Waals surface area contributed by atoms with Gasteiger partial charge in [0.1, 0.15) is 0 Å². The average Bonchev–Trinajstić information content (AvgIpc) is 2.76. The number of nitrogens with two attached hydrogens (primary N) is 1. The molecule has 90 valence electrons. The molecule has 1 aromatic heterocycles. The Balaban J connectivity index is 1.79. The van der Waals surface area contributed by atoms with Crippen LogP contribution in [0.4, 0.5) is 0 Å². The molecule has 1 saturated carbocycles. The Kier molecular flexibility index (Phi) is 3.99. The van der Waals surface area contributed by atoms with E-state index in [1.165, 1.54) is 32.1 Å². The predicted octanol–water partition coefficient (Wildman–Crippen LogP) is 2.56. The van der Waals surface area contributed by atoms with E-state index in [1.807, 2.05) is 12.5 Å². The fourth-order valence-corrected chi connectivity index (χ4v) is 2.66. The van der Waals surface area contributed by atoms with Crippen molar-refractivity contribution in [2.75, 3.05) is 0 Å². The van der Waals surface area contributed by atoms with Crippen molar-refractivity contribution in [3.05, 3.63) is 18.2 Å². The minimum Gasteiger partial charge on any atom is -0.333 e. The van der Waals surface area contributed by atoms with Gasteiger partial charge >= 0.3 is 0 Å². The topological polar surface area (TPSA) is 43.8 Å². The highest BCUT2D eigenvalue weighted by Gasteiger charge is 2.17. The fraction of sp³-hybridized carbons (Fsp3) is 0.769. The van der Waals surface area contributed by atoms with E-state index in [1.54, 1.807) is 0 Å². The summed E-state index contributed by atoms with van der Waals surface area (Å²) in [5.74, 6) is 1.87. The summed E-state index contributed by atoms with van der Waals surface area (Å²) < 4.78 is 2.21. The third-order valence-electron chi connectivity index (χ3n) is 3.92. The maximum atomic E-state index is 5.66. The highest BCUT2D eigenvalue weighted by molar-refractivity contribution is 4.97. The van der Waals surface area contributed by atoms with Crippen molar-refractivity contribution in [2.45, 2.75) is 52.1 Å². The van der Waals surface area contributed by atoms with E-state index in [2.05, 4.69) is 16.5 Å². The lowest BCUT2D eigenvalue weighted by atomic mass is 9.81. The summed E-state index contributed by atoms with van der Waals surface area (Å²) in [6.45, 7) is 4.06. The van der Waals surface area contributed by atoms with Crippen LogP contribution < -0.4 is 5.73 Å². The van der Waals surface area contributed by atoms with Gasteiger partial charge in [-0.25, -0.2) is 4.98 Å². The largest absolute Gasteiger partial charge is 0.333 e. The van der Waals surface area contributed by atoms with E-state index in [-0.39, 0.29) is 0 Å². The second-order valence-electron chi connectivity index (χ2n) is 5.20. The van der Waals surface area contributed by atoms with Crippen LogP contribution in [0.5, 0.6) is 0 Å². The van der Waals surface area contributed by atoms with Crippen molar-refractivity contribution < 1.29 is 0 Å². The van der Waals surface area contributed by atoms with Crippen molar-refractivity contribution in [3.8, 4) is 0 Å². The van der Waals surface area contributed by atoms with Crippen molar-refractivity contribution in [1.82, 2.24) is 9.55 Å². The fourth-order valence-electron chi connectivity index (χ4n) is 2.66. The molecule has 2 rings (SSSR count). The Morgan fingerprint density at radius 3 is 2.81 bits per heavy atom. The van der Waals surface area contributed by atoms with Crippen LogP contribution in [0.2, 0.25) is 0 Å². The quantitative estimate of drug-likeness (QED) is 0.849. The molecule has 1 fully saturated rings. The Bertz CT molecular complexity index is 311. The first-order chi connectivity index (χ1) is 7.79. The first-order valence-electron chi connectivity index (χ1n) is 6.48. The average molecular weight is 221 g/mol. The monoisotopic (exact) mass is 221 g/mol. The molecular weight excluding hydrogens is 198 g/mol. The van der Waals surface area contributed by atoms with Crippen molar-refractivity contribution >= 4 is 0 Å². The van der Waals surface area contributed by atoms with Crippen LogP contribution >= 0.6 is 0 Å². The van der Waals surface area contributed by atoms with Crippen LogP contribution in [0.1, 0.15) is 44.7 Å². The second kappa shape index (κ2) is 5.48. The van der Waals surface area contributed by atoms with Gasteiger partial charge in [0.05, 0.1) is 12.0 Å². The molecule has 0 unspecified atom stereocenters. The zero-order valence-electron chi connectivity index (χ0n) is 10.2. The summed E-state index contributed by atoms with van der Waals surface area (Å²) in [5, 5.41) is 0. The molecule has 2 N–H and O–H groups in total. The van der Waals surface area contributed by atoms with Crippen LogP contribution in [0, 0.1) is 11.8 Å². The Morgan fingerprint density at radius 2 is 2.12 bits per heavy atom. The van der Waals surface area contributed by atoms with Gasteiger partial charge in [0, 0.05) is 19.3 Å². The van der Waals surface area contributed by atoms with Gasteiger partial charge in [0.2, 0.25) is 0 Å².